The molecule has 0 unspecified atom stereocenters. The highest BCUT2D eigenvalue weighted by Gasteiger charge is 2.15. The van der Waals surface area contributed by atoms with Gasteiger partial charge in [-0.15, -0.1) is 0 Å². The van der Waals surface area contributed by atoms with Crippen LogP contribution in [-0.4, -0.2) is 22.8 Å². The van der Waals surface area contributed by atoms with Crippen LogP contribution >= 0.6 is 0 Å². The van der Waals surface area contributed by atoms with E-state index < -0.39 is 5.97 Å². The van der Waals surface area contributed by atoms with Gasteiger partial charge in [0.1, 0.15) is 5.69 Å². The standard InChI is InChI=1S/C13H11NO4/c15-13(16)12-6-11(14-18-12)9-2-1-8-3-4-17-7-10(8)5-9/h1-2,5-6H,3-4,7H2,(H,15,16). The average molecular weight is 245 g/mol. The lowest BCUT2D eigenvalue weighted by Crippen LogP contribution is -2.09. The van der Waals surface area contributed by atoms with E-state index in [2.05, 4.69) is 5.16 Å². The molecule has 18 heavy (non-hydrogen) atoms. The molecule has 1 N–H and O–H groups in total. The molecule has 1 aromatic heterocycles. The molecule has 0 bridgehead atoms. The maximum atomic E-state index is 10.7. The first-order chi connectivity index (χ1) is 8.74. The van der Waals surface area contributed by atoms with Gasteiger partial charge in [0.2, 0.25) is 5.76 Å². The normalized spacial score (nSPS) is 14.2. The lowest BCUT2D eigenvalue weighted by Gasteiger charge is -2.16. The Hall–Kier alpha value is -2.14. The van der Waals surface area contributed by atoms with E-state index >= 15 is 0 Å². The fourth-order valence-corrected chi connectivity index (χ4v) is 2.04. The number of rotatable bonds is 2. The largest absolute Gasteiger partial charge is 0.475 e. The van der Waals surface area contributed by atoms with Gasteiger partial charge in [-0.2, -0.15) is 0 Å². The number of carbonyl (C=O) groups is 1. The van der Waals surface area contributed by atoms with Crippen molar-refractivity contribution in [1.29, 1.82) is 0 Å². The van der Waals surface area contributed by atoms with Crippen LogP contribution in [0.3, 0.4) is 0 Å². The minimum Gasteiger partial charge on any atom is -0.475 e. The summed E-state index contributed by atoms with van der Waals surface area (Å²) in [6.07, 6.45) is 0.912. The third-order valence-electron chi connectivity index (χ3n) is 3.00. The molecule has 2 heterocycles. The molecule has 5 nitrogen and oxygen atoms in total. The zero-order valence-electron chi connectivity index (χ0n) is 9.55. The van der Waals surface area contributed by atoms with Crippen LogP contribution < -0.4 is 0 Å². The van der Waals surface area contributed by atoms with E-state index in [0.29, 0.717) is 12.3 Å². The quantitative estimate of drug-likeness (QED) is 0.877. The van der Waals surface area contributed by atoms with Crippen molar-refractivity contribution in [3.05, 3.63) is 41.2 Å². The molecule has 1 aliphatic rings. The number of hydrogen-bond donors (Lipinski definition) is 1. The molecule has 92 valence electrons. The minimum atomic E-state index is -1.12. The fourth-order valence-electron chi connectivity index (χ4n) is 2.04. The molecule has 0 aliphatic carbocycles. The van der Waals surface area contributed by atoms with Gasteiger partial charge >= 0.3 is 5.97 Å². The maximum absolute atomic E-state index is 10.7. The van der Waals surface area contributed by atoms with Crippen molar-refractivity contribution < 1.29 is 19.2 Å². The molecule has 0 spiro atoms. The molecule has 0 fully saturated rings. The molecule has 0 atom stereocenters. The van der Waals surface area contributed by atoms with E-state index in [1.165, 1.54) is 11.6 Å². The zero-order chi connectivity index (χ0) is 12.5. The molecule has 1 aliphatic heterocycles. The SMILES string of the molecule is O=C(O)c1cc(-c2ccc3c(c2)COCC3)no1. The first-order valence-electron chi connectivity index (χ1n) is 5.64. The van der Waals surface area contributed by atoms with Crippen LogP contribution in [0.25, 0.3) is 11.3 Å². The fraction of sp³-hybridized carbons (Fsp3) is 0.231. The van der Waals surface area contributed by atoms with E-state index in [0.717, 1.165) is 24.2 Å². The summed E-state index contributed by atoms with van der Waals surface area (Å²) in [5.74, 6) is -1.27. The van der Waals surface area contributed by atoms with Crippen molar-refractivity contribution in [2.24, 2.45) is 0 Å². The van der Waals surface area contributed by atoms with Crippen LogP contribution in [0.1, 0.15) is 21.7 Å². The van der Waals surface area contributed by atoms with Gasteiger partial charge in [-0.25, -0.2) is 4.79 Å². The van der Waals surface area contributed by atoms with Crippen LogP contribution in [-0.2, 0) is 17.8 Å². The minimum absolute atomic E-state index is 0.154. The summed E-state index contributed by atoms with van der Waals surface area (Å²) in [4.78, 5) is 10.7. The molecular weight excluding hydrogens is 234 g/mol. The number of hydrogen-bond acceptors (Lipinski definition) is 4. The van der Waals surface area contributed by atoms with Crippen molar-refractivity contribution in [1.82, 2.24) is 5.16 Å². The summed E-state index contributed by atoms with van der Waals surface area (Å²) in [6.45, 7) is 1.34. The predicted molar refractivity (Wildman–Crippen MR) is 62.3 cm³/mol. The summed E-state index contributed by atoms with van der Waals surface area (Å²) >= 11 is 0. The molecule has 2 aromatic rings. The van der Waals surface area contributed by atoms with Crippen molar-refractivity contribution in [3.63, 3.8) is 0 Å². The average Bonchev–Trinajstić information content (AvgIpc) is 2.88. The van der Waals surface area contributed by atoms with E-state index in [1.54, 1.807) is 0 Å². The number of carboxylic acids is 1. The second-order valence-electron chi connectivity index (χ2n) is 4.17. The summed E-state index contributed by atoms with van der Waals surface area (Å²) in [6, 6.07) is 7.35. The molecule has 0 saturated carbocycles. The maximum Gasteiger partial charge on any atom is 0.374 e. The predicted octanol–water partition coefficient (Wildman–Crippen LogP) is 2.11. The summed E-state index contributed by atoms with van der Waals surface area (Å²) in [5, 5.41) is 12.5. The van der Waals surface area contributed by atoms with E-state index in [-0.39, 0.29) is 5.76 Å². The smallest absolute Gasteiger partial charge is 0.374 e. The highest BCUT2D eigenvalue weighted by atomic mass is 16.5. The van der Waals surface area contributed by atoms with Crippen LogP contribution in [0.4, 0.5) is 0 Å². The molecule has 0 saturated heterocycles. The Bertz CT molecular complexity index is 603. The van der Waals surface area contributed by atoms with Gasteiger partial charge < -0.3 is 14.4 Å². The molecule has 0 amide bonds. The summed E-state index contributed by atoms with van der Waals surface area (Å²) in [7, 11) is 0. The Morgan fingerprint density at radius 3 is 2.94 bits per heavy atom. The topological polar surface area (TPSA) is 72.6 Å². The molecule has 3 rings (SSSR count). The Labute approximate surface area is 103 Å². The Morgan fingerprint density at radius 1 is 1.28 bits per heavy atom. The Morgan fingerprint density at radius 2 is 2.17 bits per heavy atom. The van der Waals surface area contributed by atoms with Crippen LogP contribution in [0.5, 0.6) is 0 Å². The van der Waals surface area contributed by atoms with Gasteiger partial charge in [0.25, 0.3) is 0 Å². The Kier molecular flexibility index (Phi) is 2.60. The summed E-state index contributed by atoms with van der Waals surface area (Å²) in [5.41, 5.74) is 3.77. The first kappa shape index (κ1) is 11.0. The number of aromatic carboxylic acids is 1. The second-order valence-corrected chi connectivity index (χ2v) is 4.17. The number of ether oxygens (including phenoxy) is 1. The monoisotopic (exact) mass is 245 g/mol. The van der Waals surface area contributed by atoms with Crippen molar-refractivity contribution in [2.75, 3.05) is 6.61 Å². The van der Waals surface area contributed by atoms with E-state index in [4.69, 9.17) is 14.4 Å². The summed E-state index contributed by atoms with van der Waals surface area (Å²) < 4.78 is 10.1. The molecular formula is C13H11NO4. The number of benzene rings is 1. The van der Waals surface area contributed by atoms with Crippen LogP contribution in [0, 0.1) is 0 Å². The lowest BCUT2D eigenvalue weighted by molar-refractivity contribution is 0.0652. The lowest BCUT2D eigenvalue weighted by atomic mass is 9.99. The zero-order valence-corrected chi connectivity index (χ0v) is 9.55. The van der Waals surface area contributed by atoms with Crippen LogP contribution in [0.15, 0.2) is 28.8 Å². The van der Waals surface area contributed by atoms with Crippen molar-refractivity contribution >= 4 is 5.97 Å². The van der Waals surface area contributed by atoms with Crippen molar-refractivity contribution in [3.8, 4) is 11.3 Å². The molecule has 5 heteroatoms. The van der Waals surface area contributed by atoms with Gasteiger partial charge in [0.05, 0.1) is 13.2 Å². The van der Waals surface area contributed by atoms with Crippen LogP contribution in [0.2, 0.25) is 0 Å². The van der Waals surface area contributed by atoms with E-state index in [9.17, 15) is 4.79 Å². The first-order valence-corrected chi connectivity index (χ1v) is 5.64. The van der Waals surface area contributed by atoms with Gasteiger partial charge in [0, 0.05) is 11.6 Å². The van der Waals surface area contributed by atoms with Gasteiger partial charge in [-0.05, 0) is 23.6 Å². The number of nitrogens with zero attached hydrogens (tertiary/aromatic N) is 1. The number of fused-ring (bicyclic) bond motifs is 1. The molecule has 0 radical (unpaired) electrons. The highest BCUT2D eigenvalue weighted by molar-refractivity contribution is 5.85. The number of aromatic nitrogens is 1. The third kappa shape index (κ3) is 1.89. The third-order valence-corrected chi connectivity index (χ3v) is 3.00. The van der Waals surface area contributed by atoms with Gasteiger partial charge in [-0.1, -0.05) is 17.3 Å². The molecule has 1 aromatic carbocycles. The van der Waals surface area contributed by atoms with Gasteiger partial charge in [0.15, 0.2) is 0 Å². The van der Waals surface area contributed by atoms with Gasteiger partial charge in [-0.3, -0.25) is 0 Å². The second kappa shape index (κ2) is 4.27. The van der Waals surface area contributed by atoms with Crippen molar-refractivity contribution in [2.45, 2.75) is 13.0 Å². The highest BCUT2D eigenvalue weighted by Crippen LogP contribution is 2.25. The van der Waals surface area contributed by atoms with E-state index in [1.807, 2.05) is 18.2 Å². The Balaban J connectivity index is 1.98. The number of carboxylic acid groups (broad SMARTS) is 1.